The van der Waals surface area contributed by atoms with Crippen LogP contribution in [0, 0.1) is 5.82 Å². The van der Waals surface area contributed by atoms with Crippen molar-refractivity contribution in [2.45, 2.75) is 46.1 Å². The molecule has 1 atom stereocenters. The lowest BCUT2D eigenvalue weighted by Gasteiger charge is -2.29. The highest BCUT2D eigenvalue weighted by Gasteiger charge is 2.22. The summed E-state index contributed by atoms with van der Waals surface area (Å²) >= 11 is 1.41. The van der Waals surface area contributed by atoms with Gasteiger partial charge in [0.2, 0.25) is 0 Å². The Hall–Kier alpha value is -2.97. The van der Waals surface area contributed by atoms with Crippen molar-refractivity contribution in [1.29, 1.82) is 0 Å². The Morgan fingerprint density at radius 3 is 2.72 bits per heavy atom. The molecule has 0 radical (unpaired) electrons. The first-order valence-corrected chi connectivity index (χ1v) is 11.2. The molecule has 1 heterocycles. The van der Waals surface area contributed by atoms with E-state index in [4.69, 9.17) is 9.47 Å². The molecular formula is C24H27FN2O4S. The van der Waals surface area contributed by atoms with Crippen LogP contribution < -0.4 is 9.47 Å². The summed E-state index contributed by atoms with van der Waals surface area (Å²) < 4.78 is 25.0. The van der Waals surface area contributed by atoms with Crippen LogP contribution in [0.2, 0.25) is 0 Å². The van der Waals surface area contributed by atoms with Crippen molar-refractivity contribution in [3.05, 3.63) is 75.5 Å². The van der Waals surface area contributed by atoms with E-state index in [2.05, 4.69) is 4.98 Å². The number of aliphatic hydroxyl groups excluding tert-OH is 1. The number of carbonyl (C=O) groups is 1. The van der Waals surface area contributed by atoms with Gasteiger partial charge < -0.3 is 19.5 Å². The van der Waals surface area contributed by atoms with Gasteiger partial charge in [-0.15, -0.1) is 11.3 Å². The third kappa shape index (κ3) is 5.83. The number of ether oxygens (including phenoxy) is 2. The van der Waals surface area contributed by atoms with Gasteiger partial charge in [-0.05, 0) is 49.2 Å². The number of aliphatic hydroxyl groups is 1. The van der Waals surface area contributed by atoms with Crippen molar-refractivity contribution < 1.29 is 23.8 Å². The molecule has 32 heavy (non-hydrogen) atoms. The molecule has 6 nitrogen and oxygen atoms in total. The summed E-state index contributed by atoms with van der Waals surface area (Å²) in [6.45, 7) is 4.45. The highest BCUT2D eigenvalue weighted by Crippen LogP contribution is 2.30. The first-order chi connectivity index (χ1) is 15.4. The third-order valence-electron chi connectivity index (χ3n) is 5.15. The predicted octanol–water partition coefficient (Wildman–Crippen LogP) is 4.80. The van der Waals surface area contributed by atoms with Crippen LogP contribution in [0.15, 0.2) is 47.8 Å². The van der Waals surface area contributed by atoms with Crippen molar-refractivity contribution >= 4 is 17.2 Å². The lowest BCUT2D eigenvalue weighted by atomic mass is 10.1. The number of aromatic nitrogens is 1. The minimum Gasteiger partial charge on any atom is -0.493 e. The molecule has 0 saturated carbocycles. The van der Waals surface area contributed by atoms with Crippen molar-refractivity contribution in [3.8, 4) is 11.5 Å². The lowest BCUT2D eigenvalue weighted by Crippen LogP contribution is -2.37. The summed E-state index contributed by atoms with van der Waals surface area (Å²) in [5, 5.41) is 11.7. The molecule has 0 fully saturated rings. The fourth-order valence-electron chi connectivity index (χ4n) is 3.19. The van der Waals surface area contributed by atoms with Crippen molar-refractivity contribution in [1.82, 2.24) is 9.88 Å². The number of thiazole rings is 1. The minimum atomic E-state index is -0.438. The van der Waals surface area contributed by atoms with Crippen molar-refractivity contribution in [3.63, 3.8) is 0 Å². The Morgan fingerprint density at radius 1 is 1.25 bits per heavy atom. The van der Waals surface area contributed by atoms with Gasteiger partial charge in [-0.3, -0.25) is 4.79 Å². The molecule has 0 aliphatic carbocycles. The van der Waals surface area contributed by atoms with Gasteiger partial charge in [-0.25, -0.2) is 9.37 Å². The van der Waals surface area contributed by atoms with Gasteiger partial charge in [0, 0.05) is 23.5 Å². The number of hydrogen-bond donors (Lipinski definition) is 1. The van der Waals surface area contributed by atoms with E-state index in [1.165, 1.54) is 29.5 Å². The molecule has 0 aliphatic heterocycles. The molecule has 1 amide bonds. The van der Waals surface area contributed by atoms with E-state index in [1.54, 1.807) is 29.5 Å². The average Bonchev–Trinajstić information content (AvgIpc) is 3.28. The van der Waals surface area contributed by atoms with E-state index in [1.807, 2.05) is 26.0 Å². The van der Waals surface area contributed by atoms with Crippen LogP contribution >= 0.6 is 11.3 Å². The van der Waals surface area contributed by atoms with Crippen LogP contribution in [0.4, 0.5) is 4.39 Å². The number of benzene rings is 2. The van der Waals surface area contributed by atoms with Crippen LogP contribution in [0.3, 0.4) is 0 Å². The zero-order chi connectivity index (χ0) is 23.1. The van der Waals surface area contributed by atoms with Crippen molar-refractivity contribution in [2.24, 2.45) is 0 Å². The summed E-state index contributed by atoms with van der Waals surface area (Å²) in [5.41, 5.74) is 1.79. The molecule has 2 aromatic carbocycles. The van der Waals surface area contributed by atoms with E-state index in [9.17, 15) is 14.3 Å². The molecule has 0 unspecified atom stereocenters. The second kappa shape index (κ2) is 11.1. The number of carbonyl (C=O) groups excluding carboxylic acids is 1. The van der Waals surface area contributed by atoms with Gasteiger partial charge in [0.1, 0.15) is 17.4 Å². The standard InChI is InChI=1S/C24H27FN2O4S/c1-4-16(2)27(24(29)18-6-5-7-19(25)11-18)12-17-8-9-21(30-3)22(10-17)31-14-23-26-20(13-28)15-32-23/h5-11,15-16,28H,4,12-14H2,1-3H3/t16-/m0/s1. The van der Waals surface area contributed by atoms with Gasteiger partial charge in [0.25, 0.3) is 5.91 Å². The van der Waals surface area contributed by atoms with Crippen LogP contribution in [-0.2, 0) is 19.8 Å². The van der Waals surface area contributed by atoms with E-state index in [0.717, 1.165) is 17.0 Å². The summed E-state index contributed by atoms with van der Waals surface area (Å²) in [4.78, 5) is 19.1. The van der Waals surface area contributed by atoms with E-state index >= 15 is 0 Å². The Morgan fingerprint density at radius 2 is 2.06 bits per heavy atom. The Bertz CT molecular complexity index is 1060. The molecule has 3 rings (SSSR count). The fraction of sp³-hybridized carbons (Fsp3) is 0.333. The van der Waals surface area contributed by atoms with Crippen LogP contribution in [0.1, 0.15) is 46.9 Å². The van der Waals surface area contributed by atoms with E-state index < -0.39 is 5.82 Å². The second-order valence-corrected chi connectivity index (χ2v) is 8.31. The number of halogens is 1. The maximum atomic E-state index is 13.7. The molecular weight excluding hydrogens is 431 g/mol. The first-order valence-electron chi connectivity index (χ1n) is 10.4. The Kier molecular flexibility index (Phi) is 8.19. The van der Waals surface area contributed by atoms with E-state index in [0.29, 0.717) is 29.3 Å². The van der Waals surface area contributed by atoms with Gasteiger partial charge >= 0.3 is 0 Å². The van der Waals surface area contributed by atoms with Crippen LogP contribution in [0.5, 0.6) is 11.5 Å². The number of methoxy groups -OCH3 is 1. The first kappa shape index (κ1) is 23.7. The molecule has 170 valence electrons. The topological polar surface area (TPSA) is 71.9 Å². The molecule has 0 saturated heterocycles. The molecule has 8 heteroatoms. The molecule has 0 aliphatic rings. The lowest BCUT2D eigenvalue weighted by molar-refractivity contribution is 0.0671. The fourth-order valence-corrected chi connectivity index (χ4v) is 3.89. The van der Waals surface area contributed by atoms with E-state index in [-0.39, 0.29) is 25.2 Å². The van der Waals surface area contributed by atoms with Crippen LogP contribution in [0.25, 0.3) is 0 Å². The molecule has 3 aromatic rings. The zero-order valence-corrected chi connectivity index (χ0v) is 19.2. The van der Waals surface area contributed by atoms with Crippen LogP contribution in [-0.4, -0.2) is 34.0 Å². The second-order valence-electron chi connectivity index (χ2n) is 7.37. The van der Waals surface area contributed by atoms with Gasteiger partial charge in [0.15, 0.2) is 11.5 Å². The maximum absolute atomic E-state index is 13.7. The summed E-state index contributed by atoms with van der Waals surface area (Å²) in [7, 11) is 1.56. The van der Waals surface area contributed by atoms with Gasteiger partial charge in [-0.1, -0.05) is 19.1 Å². The molecule has 0 bridgehead atoms. The predicted molar refractivity (Wildman–Crippen MR) is 121 cm³/mol. The number of hydrogen-bond acceptors (Lipinski definition) is 6. The largest absolute Gasteiger partial charge is 0.493 e. The third-order valence-corrected chi connectivity index (χ3v) is 6.02. The number of amides is 1. The summed E-state index contributed by atoms with van der Waals surface area (Å²) in [6, 6.07) is 11.2. The number of rotatable bonds is 10. The minimum absolute atomic E-state index is 0.0375. The highest BCUT2D eigenvalue weighted by molar-refractivity contribution is 7.09. The Labute approximate surface area is 191 Å². The molecule has 1 N–H and O–H groups in total. The Balaban J connectivity index is 1.81. The SMILES string of the molecule is CC[C@H](C)N(Cc1ccc(OC)c(OCc2nc(CO)cs2)c1)C(=O)c1cccc(F)c1. The molecule has 0 spiro atoms. The smallest absolute Gasteiger partial charge is 0.254 e. The normalized spacial score (nSPS) is 11.8. The van der Waals surface area contributed by atoms with Gasteiger partial charge in [-0.2, -0.15) is 0 Å². The summed E-state index contributed by atoms with van der Waals surface area (Å²) in [5.74, 6) is 0.440. The monoisotopic (exact) mass is 458 g/mol. The molecule has 1 aromatic heterocycles. The van der Waals surface area contributed by atoms with Crippen molar-refractivity contribution in [2.75, 3.05) is 7.11 Å². The average molecular weight is 459 g/mol. The van der Waals surface area contributed by atoms with Gasteiger partial charge in [0.05, 0.1) is 19.4 Å². The quantitative estimate of drug-likeness (QED) is 0.472. The summed E-state index contributed by atoms with van der Waals surface area (Å²) in [6.07, 6.45) is 0.762. The zero-order valence-electron chi connectivity index (χ0n) is 18.4. The maximum Gasteiger partial charge on any atom is 0.254 e. The number of nitrogens with zero attached hydrogens (tertiary/aromatic N) is 2. The highest BCUT2D eigenvalue weighted by atomic mass is 32.1.